The average molecular weight is 601 g/mol. The Balaban J connectivity index is 1.96. The molecule has 0 saturated heterocycles. The molecule has 3 aromatic rings. The number of para-hydroxylation sites is 2. The molecule has 12 nitrogen and oxygen atoms in total. The van der Waals surface area contributed by atoms with Crippen LogP contribution in [0.4, 0.5) is 9.18 Å². The number of aromatic nitrogens is 2. The van der Waals surface area contributed by atoms with Gasteiger partial charge in [0.1, 0.15) is 30.3 Å². The van der Waals surface area contributed by atoms with Gasteiger partial charge in [0.05, 0.1) is 35.5 Å². The van der Waals surface area contributed by atoms with Crippen LogP contribution in [0.25, 0.3) is 11.0 Å². The normalized spacial score (nSPS) is 14.4. The van der Waals surface area contributed by atoms with E-state index < -0.39 is 66.8 Å². The summed E-state index contributed by atoms with van der Waals surface area (Å²) in [6, 6.07) is 11.5. The van der Waals surface area contributed by atoms with E-state index in [1.54, 1.807) is 44.2 Å². The highest BCUT2D eigenvalue weighted by molar-refractivity contribution is 5.94. The van der Waals surface area contributed by atoms with E-state index in [1.807, 2.05) is 0 Å². The number of benzene rings is 2. The minimum atomic E-state index is -1.36. The van der Waals surface area contributed by atoms with Crippen molar-refractivity contribution < 1.29 is 43.6 Å². The first-order chi connectivity index (χ1) is 20.3. The number of aliphatic hydroxyl groups is 3. The van der Waals surface area contributed by atoms with Gasteiger partial charge in [0, 0.05) is 5.92 Å². The summed E-state index contributed by atoms with van der Waals surface area (Å²) in [6.07, 6.45) is -2.48. The van der Waals surface area contributed by atoms with E-state index in [-0.39, 0.29) is 31.4 Å². The fourth-order valence-corrected chi connectivity index (χ4v) is 4.36. The second-order valence-corrected chi connectivity index (χ2v) is 10.9. The van der Waals surface area contributed by atoms with E-state index in [1.165, 1.54) is 24.4 Å². The van der Waals surface area contributed by atoms with Crippen LogP contribution < -0.4 is 11.1 Å². The molecule has 0 saturated carbocycles. The third kappa shape index (κ3) is 10.9. The summed E-state index contributed by atoms with van der Waals surface area (Å²) < 4.78 is 24.6. The molecule has 0 bridgehead atoms. The number of halogens is 1. The molecule has 4 atom stereocenters. The molecule has 43 heavy (non-hydrogen) atoms. The van der Waals surface area contributed by atoms with Crippen LogP contribution in [0, 0.1) is 11.7 Å². The highest BCUT2D eigenvalue weighted by Crippen LogP contribution is 2.24. The lowest BCUT2D eigenvalue weighted by Crippen LogP contribution is -2.48. The number of ether oxygens (including phenoxy) is 2. The number of nitrogens with zero attached hydrogens (tertiary/aromatic N) is 2. The first-order valence-electron chi connectivity index (χ1n) is 13.8. The molecule has 232 valence electrons. The predicted octanol–water partition coefficient (Wildman–Crippen LogP) is 2.03. The number of amides is 2. The zero-order valence-electron chi connectivity index (χ0n) is 24.0. The number of primary amides is 1. The van der Waals surface area contributed by atoms with Crippen LogP contribution in [0.1, 0.15) is 49.2 Å². The Bertz CT molecular complexity index is 1400. The molecule has 2 aromatic carbocycles. The lowest BCUT2D eigenvalue weighted by atomic mass is 9.87. The first kappa shape index (κ1) is 33.3. The number of hydrogen-bond acceptors (Lipinski definition) is 10. The van der Waals surface area contributed by atoms with E-state index in [4.69, 9.17) is 20.3 Å². The molecule has 1 aromatic heterocycles. The van der Waals surface area contributed by atoms with Gasteiger partial charge >= 0.3 is 6.16 Å². The van der Waals surface area contributed by atoms with E-state index in [9.17, 15) is 29.0 Å². The Kier molecular flexibility index (Phi) is 11.9. The number of nitrogens with two attached hydrogens (primary N) is 1. The summed E-state index contributed by atoms with van der Waals surface area (Å²) in [5.41, 5.74) is 6.00. The molecule has 0 spiro atoms. The Morgan fingerprint density at radius 1 is 1.12 bits per heavy atom. The minimum absolute atomic E-state index is 0.0381. The van der Waals surface area contributed by atoms with Crippen LogP contribution in [0.5, 0.6) is 0 Å². The molecular weight excluding hydrogens is 563 g/mol. The van der Waals surface area contributed by atoms with Gasteiger partial charge < -0.3 is 35.8 Å². The summed E-state index contributed by atoms with van der Waals surface area (Å²) in [5, 5.41) is 31.6. The molecule has 6 N–H and O–H groups in total. The maximum atomic E-state index is 14.1. The molecule has 0 aliphatic carbocycles. The maximum Gasteiger partial charge on any atom is 0.508 e. The zero-order chi connectivity index (χ0) is 31.6. The number of nitrogens with one attached hydrogen (secondary N) is 1. The van der Waals surface area contributed by atoms with Crippen molar-refractivity contribution in [1.29, 1.82) is 0 Å². The van der Waals surface area contributed by atoms with Gasteiger partial charge in [0.25, 0.3) is 5.91 Å². The summed E-state index contributed by atoms with van der Waals surface area (Å²) in [4.78, 5) is 47.1. The van der Waals surface area contributed by atoms with E-state index in [2.05, 4.69) is 15.3 Å². The van der Waals surface area contributed by atoms with Crippen LogP contribution >= 0.6 is 0 Å². The number of carbonyl (C=O) groups is 3. The average Bonchev–Trinajstić information content (AvgIpc) is 2.96. The van der Waals surface area contributed by atoms with Crippen LogP contribution in [0.15, 0.2) is 54.7 Å². The van der Waals surface area contributed by atoms with Crippen molar-refractivity contribution in [2.75, 3.05) is 13.2 Å². The Morgan fingerprint density at radius 2 is 1.84 bits per heavy atom. The molecule has 3 rings (SSSR count). The van der Waals surface area contributed by atoms with Gasteiger partial charge in [-0.1, -0.05) is 24.3 Å². The smallest absolute Gasteiger partial charge is 0.431 e. The molecular formula is C30H37FN4O8. The van der Waals surface area contributed by atoms with Crippen molar-refractivity contribution in [3.05, 3.63) is 71.8 Å². The van der Waals surface area contributed by atoms with Gasteiger partial charge in [-0.15, -0.1) is 0 Å². The molecule has 0 aliphatic heterocycles. The van der Waals surface area contributed by atoms with E-state index in [0.29, 0.717) is 16.6 Å². The van der Waals surface area contributed by atoms with Gasteiger partial charge in [-0.3, -0.25) is 14.6 Å². The summed E-state index contributed by atoms with van der Waals surface area (Å²) in [6.45, 7) is 1.90. The fourth-order valence-electron chi connectivity index (χ4n) is 4.36. The summed E-state index contributed by atoms with van der Waals surface area (Å²) in [5.74, 6) is -2.83. The highest BCUT2D eigenvalue weighted by atomic mass is 19.1. The predicted molar refractivity (Wildman–Crippen MR) is 153 cm³/mol. The number of hydrogen-bond donors (Lipinski definition) is 5. The molecule has 1 heterocycles. The fraction of sp³-hybridized carbons (Fsp3) is 0.433. The van der Waals surface area contributed by atoms with Crippen molar-refractivity contribution in [3.8, 4) is 0 Å². The Hall–Kier alpha value is -4.20. The van der Waals surface area contributed by atoms with Crippen molar-refractivity contribution in [3.63, 3.8) is 0 Å². The molecule has 1 unspecified atom stereocenters. The van der Waals surface area contributed by atoms with Crippen molar-refractivity contribution in [1.82, 2.24) is 15.3 Å². The standard InChI is InChI=1S/C30H37FN4O8/c1-30(2,41)11-10-19(27(32)38)14-26(43-29(40)42-17-21(37)16-36)24(13-18-6-5-7-20(31)12-18)35-28(39)25-15-33-22-8-3-4-9-23(22)34-25/h3-9,12,15,19,21,24,26,36-37,41H,10-11,13-14,16-17H2,1-2H3,(H2,32,38)(H,35,39)/t19-,21?,24+,26+/m1/s1. The largest absolute Gasteiger partial charge is 0.508 e. The summed E-state index contributed by atoms with van der Waals surface area (Å²) >= 11 is 0. The number of fused-ring (bicyclic) bond motifs is 1. The molecule has 13 heteroatoms. The van der Waals surface area contributed by atoms with Crippen LogP contribution in [0.2, 0.25) is 0 Å². The lowest BCUT2D eigenvalue weighted by Gasteiger charge is -2.30. The lowest BCUT2D eigenvalue weighted by molar-refractivity contribution is -0.123. The highest BCUT2D eigenvalue weighted by Gasteiger charge is 2.34. The quantitative estimate of drug-likeness (QED) is 0.161. The van der Waals surface area contributed by atoms with Crippen molar-refractivity contribution in [2.24, 2.45) is 11.7 Å². The van der Waals surface area contributed by atoms with Gasteiger partial charge in [0.15, 0.2) is 0 Å². The van der Waals surface area contributed by atoms with E-state index >= 15 is 0 Å². The van der Waals surface area contributed by atoms with Gasteiger partial charge in [-0.2, -0.15) is 0 Å². The topological polar surface area (TPSA) is 194 Å². The zero-order valence-corrected chi connectivity index (χ0v) is 24.0. The van der Waals surface area contributed by atoms with Crippen molar-refractivity contribution >= 4 is 29.0 Å². The van der Waals surface area contributed by atoms with Gasteiger partial charge in [0.2, 0.25) is 5.91 Å². The third-order valence-corrected chi connectivity index (χ3v) is 6.67. The molecule has 0 radical (unpaired) electrons. The summed E-state index contributed by atoms with van der Waals surface area (Å²) in [7, 11) is 0. The SMILES string of the molecule is CC(C)(O)CC[C@H](C[C@H](OC(=O)OCC(O)CO)[C@H](Cc1cccc(F)c1)NC(=O)c1cnc2ccccc2n1)C(N)=O. The minimum Gasteiger partial charge on any atom is -0.431 e. The van der Waals surface area contributed by atoms with Crippen molar-refractivity contribution in [2.45, 2.75) is 63.4 Å². The number of carbonyl (C=O) groups excluding carboxylic acids is 3. The second-order valence-electron chi connectivity index (χ2n) is 10.9. The Morgan fingerprint density at radius 3 is 2.49 bits per heavy atom. The van der Waals surface area contributed by atoms with Crippen LogP contribution in [0.3, 0.4) is 0 Å². The van der Waals surface area contributed by atoms with Gasteiger partial charge in [-0.25, -0.2) is 14.2 Å². The molecule has 0 fully saturated rings. The number of rotatable bonds is 15. The monoisotopic (exact) mass is 600 g/mol. The maximum absolute atomic E-state index is 14.1. The number of aliphatic hydroxyl groups excluding tert-OH is 2. The third-order valence-electron chi connectivity index (χ3n) is 6.67. The molecule has 0 aliphatic rings. The van der Waals surface area contributed by atoms with Crippen LogP contribution in [-0.4, -0.2) is 80.3 Å². The van der Waals surface area contributed by atoms with Gasteiger partial charge in [-0.05, 0) is 69.4 Å². The second kappa shape index (κ2) is 15.3. The Labute approximate surface area is 248 Å². The van der Waals surface area contributed by atoms with E-state index in [0.717, 1.165) is 0 Å². The van der Waals surface area contributed by atoms with Crippen LogP contribution in [-0.2, 0) is 20.7 Å². The molecule has 2 amide bonds. The first-order valence-corrected chi connectivity index (χ1v) is 13.8.